The van der Waals surface area contributed by atoms with E-state index in [1.165, 1.54) is 10.5 Å². The van der Waals surface area contributed by atoms with Crippen LogP contribution in [-0.2, 0) is 12.2 Å². The molecule has 0 amide bonds. The zero-order valence-electron chi connectivity index (χ0n) is 15.0. The van der Waals surface area contributed by atoms with Gasteiger partial charge in [-0.25, -0.2) is 4.98 Å². The molecule has 2 aromatic carbocycles. The molecule has 0 radical (unpaired) electrons. The van der Waals surface area contributed by atoms with Gasteiger partial charge in [0.2, 0.25) is 0 Å². The first-order chi connectivity index (χ1) is 12.8. The summed E-state index contributed by atoms with van der Waals surface area (Å²) in [7, 11) is 0. The van der Waals surface area contributed by atoms with Crippen molar-refractivity contribution in [3.05, 3.63) is 95.8 Å². The van der Waals surface area contributed by atoms with Crippen molar-refractivity contribution >= 4 is 17.8 Å². The van der Waals surface area contributed by atoms with Crippen LogP contribution in [0.3, 0.4) is 0 Å². The molecule has 0 atom stereocenters. The van der Waals surface area contributed by atoms with E-state index in [0.29, 0.717) is 6.61 Å². The molecule has 0 bridgehead atoms. The number of hydrogen-bond donors (Lipinski definition) is 0. The number of pyridine rings is 1. The molecular weight excluding hydrogens is 338 g/mol. The van der Waals surface area contributed by atoms with Gasteiger partial charge in [0.05, 0.1) is 12.3 Å². The summed E-state index contributed by atoms with van der Waals surface area (Å²) >= 11 is 1.79. The second-order valence-electron chi connectivity index (χ2n) is 5.87. The predicted octanol–water partition coefficient (Wildman–Crippen LogP) is 6.03. The molecule has 0 saturated heterocycles. The number of ether oxygens (including phenoxy) is 1. The predicted molar refractivity (Wildman–Crippen MR) is 111 cm³/mol. The van der Waals surface area contributed by atoms with E-state index in [-0.39, 0.29) is 0 Å². The number of aromatic nitrogens is 1. The summed E-state index contributed by atoms with van der Waals surface area (Å²) in [4.78, 5) is 6.03. The van der Waals surface area contributed by atoms with Crippen molar-refractivity contribution in [2.24, 2.45) is 0 Å². The Bertz CT molecular complexity index is 831. The van der Waals surface area contributed by atoms with Gasteiger partial charge in [-0.05, 0) is 42.8 Å². The van der Waals surface area contributed by atoms with Crippen LogP contribution in [0, 0.1) is 0 Å². The molecule has 0 unspecified atom stereocenters. The third-order valence-corrected chi connectivity index (χ3v) is 4.93. The maximum absolute atomic E-state index is 5.99. The zero-order valence-corrected chi connectivity index (χ0v) is 15.8. The Hall–Kier alpha value is -2.52. The Labute approximate surface area is 160 Å². The first-order valence-electron chi connectivity index (χ1n) is 8.82. The van der Waals surface area contributed by atoms with E-state index in [0.717, 1.165) is 29.3 Å². The van der Waals surface area contributed by atoms with Crippen molar-refractivity contribution in [3.8, 4) is 5.75 Å². The molecule has 3 aromatic rings. The minimum atomic E-state index is 0.647. The summed E-state index contributed by atoms with van der Waals surface area (Å²) < 4.78 is 5.99. The average molecular weight is 362 g/mol. The molecule has 0 aliphatic rings. The van der Waals surface area contributed by atoms with E-state index >= 15 is 0 Å². The Kier molecular flexibility index (Phi) is 6.91. The first kappa shape index (κ1) is 18.3. The fourth-order valence-corrected chi connectivity index (χ4v) is 3.41. The second-order valence-corrected chi connectivity index (χ2v) is 6.92. The van der Waals surface area contributed by atoms with Crippen molar-refractivity contribution < 1.29 is 4.74 Å². The normalized spacial score (nSPS) is 11.0. The summed E-state index contributed by atoms with van der Waals surface area (Å²) in [5.41, 5.74) is 3.23. The molecule has 3 heteroatoms. The molecule has 0 saturated carbocycles. The standard InChI is InChI=1S/C23H23NOS/c1-2-9-22-23(25-17-16-19-10-5-3-6-11-19)15-14-20(24-22)18-26-21-12-7-4-8-13-21/h2-15H,16-18H2,1H3/b9-2+. The van der Waals surface area contributed by atoms with E-state index in [4.69, 9.17) is 9.72 Å². The molecule has 132 valence electrons. The Morgan fingerprint density at radius 1 is 0.923 bits per heavy atom. The highest BCUT2D eigenvalue weighted by molar-refractivity contribution is 7.98. The maximum Gasteiger partial charge on any atom is 0.144 e. The van der Waals surface area contributed by atoms with Crippen molar-refractivity contribution in [1.82, 2.24) is 4.98 Å². The van der Waals surface area contributed by atoms with Crippen LogP contribution in [0.25, 0.3) is 6.08 Å². The monoisotopic (exact) mass is 361 g/mol. The van der Waals surface area contributed by atoms with Gasteiger partial charge in [-0.3, -0.25) is 0 Å². The van der Waals surface area contributed by atoms with Gasteiger partial charge in [-0.1, -0.05) is 54.6 Å². The van der Waals surface area contributed by atoms with E-state index in [2.05, 4.69) is 54.6 Å². The topological polar surface area (TPSA) is 22.1 Å². The van der Waals surface area contributed by atoms with E-state index < -0.39 is 0 Å². The van der Waals surface area contributed by atoms with Gasteiger partial charge in [0, 0.05) is 17.1 Å². The van der Waals surface area contributed by atoms with Crippen molar-refractivity contribution in [2.75, 3.05) is 6.61 Å². The number of allylic oxidation sites excluding steroid dienone is 1. The van der Waals surface area contributed by atoms with E-state index in [1.54, 1.807) is 11.8 Å². The molecule has 0 fully saturated rings. The number of hydrogen-bond acceptors (Lipinski definition) is 3. The number of nitrogens with zero attached hydrogens (tertiary/aromatic N) is 1. The van der Waals surface area contributed by atoms with Gasteiger partial charge >= 0.3 is 0 Å². The molecule has 0 N–H and O–H groups in total. The third-order valence-electron chi connectivity index (χ3n) is 3.89. The summed E-state index contributed by atoms with van der Waals surface area (Å²) in [6.45, 7) is 2.65. The molecule has 0 aliphatic heterocycles. The van der Waals surface area contributed by atoms with E-state index in [1.807, 2.05) is 37.3 Å². The Morgan fingerprint density at radius 3 is 2.38 bits per heavy atom. The second kappa shape index (κ2) is 9.83. The van der Waals surface area contributed by atoms with Gasteiger partial charge < -0.3 is 4.74 Å². The lowest BCUT2D eigenvalue weighted by atomic mass is 10.2. The highest BCUT2D eigenvalue weighted by Crippen LogP contribution is 2.25. The van der Waals surface area contributed by atoms with Gasteiger partial charge in [0.1, 0.15) is 11.4 Å². The highest BCUT2D eigenvalue weighted by Gasteiger charge is 2.06. The van der Waals surface area contributed by atoms with Crippen LogP contribution < -0.4 is 4.74 Å². The lowest BCUT2D eigenvalue weighted by Gasteiger charge is -2.11. The smallest absolute Gasteiger partial charge is 0.144 e. The summed E-state index contributed by atoms with van der Waals surface area (Å²) in [5, 5.41) is 0. The largest absolute Gasteiger partial charge is 0.491 e. The fourth-order valence-electron chi connectivity index (χ4n) is 2.58. The number of benzene rings is 2. The molecule has 0 spiro atoms. The summed E-state index contributed by atoms with van der Waals surface area (Å²) in [5.74, 6) is 1.69. The van der Waals surface area contributed by atoms with Crippen molar-refractivity contribution in [2.45, 2.75) is 24.0 Å². The van der Waals surface area contributed by atoms with Crippen LogP contribution in [0.15, 0.2) is 83.8 Å². The van der Waals surface area contributed by atoms with Crippen molar-refractivity contribution in [3.63, 3.8) is 0 Å². The highest BCUT2D eigenvalue weighted by atomic mass is 32.2. The van der Waals surface area contributed by atoms with Gasteiger partial charge in [0.15, 0.2) is 0 Å². The molecule has 2 nitrogen and oxygen atoms in total. The summed E-state index contributed by atoms with van der Waals surface area (Å²) in [6.07, 6.45) is 4.90. The van der Waals surface area contributed by atoms with Gasteiger partial charge in [-0.2, -0.15) is 0 Å². The SMILES string of the molecule is C/C=C/c1nc(CSc2ccccc2)ccc1OCCc1ccccc1. The summed E-state index contributed by atoms with van der Waals surface area (Å²) in [6, 6.07) is 24.9. The fraction of sp³-hybridized carbons (Fsp3) is 0.174. The molecule has 0 aliphatic carbocycles. The first-order valence-corrected chi connectivity index (χ1v) is 9.81. The van der Waals surface area contributed by atoms with Crippen LogP contribution in [-0.4, -0.2) is 11.6 Å². The van der Waals surface area contributed by atoms with Crippen LogP contribution in [0.2, 0.25) is 0 Å². The molecule has 3 rings (SSSR count). The lowest BCUT2D eigenvalue weighted by Crippen LogP contribution is -2.04. The van der Waals surface area contributed by atoms with E-state index in [9.17, 15) is 0 Å². The molecular formula is C23H23NOS. The minimum absolute atomic E-state index is 0.647. The maximum atomic E-state index is 5.99. The van der Waals surface area contributed by atoms with Crippen LogP contribution >= 0.6 is 11.8 Å². The number of rotatable bonds is 8. The Balaban J connectivity index is 1.62. The number of thioether (sulfide) groups is 1. The quantitative estimate of drug-likeness (QED) is 0.457. The van der Waals surface area contributed by atoms with Gasteiger partial charge in [0.25, 0.3) is 0 Å². The van der Waals surface area contributed by atoms with Crippen LogP contribution in [0.1, 0.15) is 23.9 Å². The van der Waals surface area contributed by atoms with Crippen LogP contribution in [0.5, 0.6) is 5.75 Å². The third kappa shape index (κ3) is 5.50. The van der Waals surface area contributed by atoms with Gasteiger partial charge in [-0.15, -0.1) is 11.8 Å². The minimum Gasteiger partial charge on any atom is -0.491 e. The van der Waals surface area contributed by atoms with Crippen LogP contribution in [0.4, 0.5) is 0 Å². The lowest BCUT2D eigenvalue weighted by molar-refractivity contribution is 0.320. The van der Waals surface area contributed by atoms with Crippen molar-refractivity contribution in [1.29, 1.82) is 0 Å². The average Bonchev–Trinajstić information content (AvgIpc) is 2.70. The Morgan fingerprint density at radius 2 is 1.65 bits per heavy atom. The molecule has 26 heavy (non-hydrogen) atoms. The zero-order chi connectivity index (χ0) is 18.0. The molecule has 1 heterocycles. The molecule has 1 aromatic heterocycles.